The number of aromatic nitrogens is 2. The lowest BCUT2D eigenvalue weighted by Gasteiger charge is -2.13. The van der Waals surface area contributed by atoms with E-state index >= 15 is 0 Å². The van der Waals surface area contributed by atoms with Gasteiger partial charge < -0.3 is 16.2 Å². The van der Waals surface area contributed by atoms with Gasteiger partial charge in [0.2, 0.25) is 0 Å². The maximum absolute atomic E-state index is 11.8. The Morgan fingerprint density at radius 1 is 1.65 bits per heavy atom. The van der Waals surface area contributed by atoms with Crippen LogP contribution in [0.3, 0.4) is 0 Å². The average Bonchev–Trinajstić information content (AvgIpc) is 2.99. The average molecular weight is 238 g/mol. The van der Waals surface area contributed by atoms with Crippen molar-refractivity contribution in [1.82, 2.24) is 15.5 Å². The first-order valence-corrected chi connectivity index (χ1v) is 5.77. The highest BCUT2D eigenvalue weighted by Gasteiger charge is 2.42. The Labute approximate surface area is 99.6 Å². The number of nitrogens with one attached hydrogen (secondary N) is 2. The van der Waals surface area contributed by atoms with Crippen molar-refractivity contribution in [2.24, 2.45) is 5.41 Å². The number of carbonyl (C=O) groups is 1. The van der Waals surface area contributed by atoms with E-state index in [-0.39, 0.29) is 23.6 Å². The molecule has 1 heterocycles. The number of hydrogen-bond donors (Lipinski definition) is 4. The Hall–Kier alpha value is -1.56. The van der Waals surface area contributed by atoms with Crippen LogP contribution in [-0.4, -0.2) is 34.4 Å². The maximum atomic E-state index is 11.8. The summed E-state index contributed by atoms with van der Waals surface area (Å²) >= 11 is 0. The molecule has 1 amide bonds. The highest BCUT2D eigenvalue weighted by molar-refractivity contribution is 5.97. The summed E-state index contributed by atoms with van der Waals surface area (Å²) in [6.45, 7) is 2.52. The van der Waals surface area contributed by atoms with Crippen LogP contribution in [0.15, 0.2) is 0 Å². The van der Waals surface area contributed by atoms with Crippen LogP contribution in [0.1, 0.15) is 35.4 Å². The lowest BCUT2D eigenvalue weighted by atomic mass is 10.0. The number of rotatable bonds is 5. The fraction of sp³-hybridized carbons (Fsp3) is 0.636. The molecule has 0 saturated heterocycles. The summed E-state index contributed by atoms with van der Waals surface area (Å²) in [6, 6.07) is 0. The van der Waals surface area contributed by atoms with Crippen molar-refractivity contribution in [3.8, 4) is 0 Å². The van der Waals surface area contributed by atoms with Gasteiger partial charge in [0.05, 0.1) is 11.4 Å². The molecule has 94 valence electrons. The van der Waals surface area contributed by atoms with Crippen LogP contribution < -0.4 is 11.1 Å². The minimum absolute atomic E-state index is 0.102. The van der Waals surface area contributed by atoms with Gasteiger partial charge in [0.1, 0.15) is 0 Å². The van der Waals surface area contributed by atoms with Gasteiger partial charge in [-0.15, -0.1) is 0 Å². The number of nitrogens with two attached hydrogens (primary N) is 1. The van der Waals surface area contributed by atoms with Crippen molar-refractivity contribution in [2.45, 2.75) is 26.2 Å². The van der Waals surface area contributed by atoms with Crippen LogP contribution in [0.5, 0.6) is 0 Å². The predicted octanol–water partition coefficient (Wildman–Crippen LogP) is 0.193. The van der Waals surface area contributed by atoms with Crippen molar-refractivity contribution in [3.63, 3.8) is 0 Å². The normalized spacial score (nSPS) is 16.8. The number of hydrogen-bond acceptors (Lipinski definition) is 4. The van der Waals surface area contributed by atoms with Gasteiger partial charge in [-0.2, -0.15) is 5.10 Å². The van der Waals surface area contributed by atoms with Crippen molar-refractivity contribution in [3.05, 3.63) is 11.4 Å². The smallest absolute Gasteiger partial charge is 0.273 e. The lowest BCUT2D eigenvalue weighted by molar-refractivity contribution is 0.0936. The van der Waals surface area contributed by atoms with Crippen molar-refractivity contribution in [1.29, 1.82) is 0 Å². The Balaban J connectivity index is 1.92. The Kier molecular flexibility index (Phi) is 3.06. The molecule has 0 aromatic carbocycles. The molecular formula is C11H18N4O2. The second-order valence-electron chi connectivity index (χ2n) is 4.77. The third-order valence-electron chi connectivity index (χ3n) is 3.43. The fourth-order valence-electron chi connectivity index (χ4n) is 1.89. The summed E-state index contributed by atoms with van der Waals surface area (Å²) in [7, 11) is 0. The second kappa shape index (κ2) is 4.37. The molecule has 17 heavy (non-hydrogen) atoms. The topological polar surface area (TPSA) is 104 Å². The molecule has 1 aromatic heterocycles. The van der Waals surface area contributed by atoms with Crippen molar-refractivity contribution in [2.75, 3.05) is 18.9 Å². The number of carbonyl (C=O) groups excluding carboxylic acids is 1. The van der Waals surface area contributed by atoms with E-state index in [1.165, 1.54) is 0 Å². The third-order valence-corrected chi connectivity index (χ3v) is 3.43. The summed E-state index contributed by atoms with van der Waals surface area (Å²) in [4.78, 5) is 11.8. The molecule has 5 N–H and O–H groups in total. The number of anilines is 1. The Morgan fingerprint density at radius 3 is 2.82 bits per heavy atom. The summed E-state index contributed by atoms with van der Waals surface area (Å²) < 4.78 is 0. The number of amides is 1. The van der Waals surface area contributed by atoms with Crippen LogP contribution in [0, 0.1) is 12.3 Å². The minimum Gasteiger partial charge on any atom is -0.396 e. The summed E-state index contributed by atoms with van der Waals surface area (Å²) in [6.07, 6.45) is 2.86. The van der Waals surface area contributed by atoms with E-state index in [2.05, 4.69) is 15.5 Å². The molecule has 0 atom stereocenters. The molecule has 0 unspecified atom stereocenters. The molecule has 6 nitrogen and oxygen atoms in total. The molecule has 1 fully saturated rings. The van der Waals surface area contributed by atoms with Gasteiger partial charge in [-0.1, -0.05) is 0 Å². The minimum atomic E-state index is -0.254. The lowest BCUT2D eigenvalue weighted by Crippen LogP contribution is -2.31. The molecule has 1 aliphatic carbocycles. The Bertz CT molecular complexity index is 423. The SMILES string of the molecule is Cc1[nH]nc(C(=O)NCC2(CCO)CC2)c1N. The number of H-pyrrole nitrogens is 1. The number of aliphatic hydroxyl groups is 1. The number of aliphatic hydroxyl groups excluding tert-OH is 1. The first kappa shape index (κ1) is 11.9. The first-order chi connectivity index (χ1) is 8.08. The highest BCUT2D eigenvalue weighted by atomic mass is 16.3. The fourth-order valence-corrected chi connectivity index (χ4v) is 1.89. The molecule has 0 spiro atoms. The van der Waals surface area contributed by atoms with Crippen LogP contribution in [0.2, 0.25) is 0 Å². The standard InChI is InChI=1S/C11H18N4O2/c1-7-8(12)9(15-14-7)10(17)13-6-11(2-3-11)4-5-16/h16H,2-6,12H2,1H3,(H,13,17)(H,14,15). The molecule has 1 aliphatic rings. The number of aryl methyl sites for hydroxylation is 1. The zero-order valence-corrected chi connectivity index (χ0v) is 9.92. The largest absolute Gasteiger partial charge is 0.396 e. The van der Waals surface area contributed by atoms with Crippen molar-refractivity contribution < 1.29 is 9.90 Å². The molecule has 0 radical (unpaired) electrons. The number of nitrogens with zero attached hydrogens (tertiary/aromatic N) is 1. The van der Waals surface area contributed by atoms with Gasteiger partial charge in [-0.05, 0) is 31.6 Å². The third kappa shape index (κ3) is 2.41. The van der Waals surface area contributed by atoms with E-state index in [4.69, 9.17) is 10.8 Å². The van der Waals surface area contributed by atoms with Gasteiger partial charge in [-0.3, -0.25) is 9.89 Å². The highest BCUT2D eigenvalue weighted by Crippen LogP contribution is 2.47. The van der Waals surface area contributed by atoms with Gasteiger partial charge in [-0.25, -0.2) is 0 Å². The van der Waals surface area contributed by atoms with E-state index in [1.54, 1.807) is 6.92 Å². The number of nitrogen functional groups attached to an aromatic ring is 1. The number of aromatic amines is 1. The second-order valence-corrected chi connectivity index (χ2v) is 4.77. The van der Waals surface area contributed by atoms with Crippen molar-refractivity contribution >= 4 is 11.6 Å². The van der Waals surface area contributed by atoms with Crippen LogP contribution in [0.4, 0.5) is 5.69 Å². The monoisotopic (exact) mass is 238 g/mol. The van der Waals surface area contributed by atoms with E-state index in [0.717, 1.165) is 19.3 Å². The van der Waals surface area contributed by atoms with Crippen LogP contribution in [-0.2, 0) is 0 Å². The molecule has 0 aliphatic heterocycles. The van der Waals surface area contributed by atoms with Gasteiger partial charge in [0, 0.05) is 13.2 Å². The van der Waals surface area contributed by atoms with Gasteiger partial charge >= 0.3 is 0 Å². The molecule has 1 saturated carbocycles. The first-order valence-electron chi connectivity index (χ1n) is 5.77. The molecule has 1 aromatic rings. The zero-order chi connectivity index (χ0) is 12.5. The van der Waals surface area contributed by atoms with E-state index in [9.17, 15) is 4.79 Å². The summed E-state index contributed by atoms with van der Waals surface area (Å²) in [5.74, 6) is -0.254. The molecule has 6 heteroatoms. The van der Waals surface area contributed by atoms with E-state index < -0.39 is 0 Å². The predicted molar refractivity (Wildman–Crippen MR) is 63.4 cm³/mol. The molecule has 2 rings (SSSR count). The van der Waals surface area contributed by atoms with E-state index in [0.29, 0.717) is 17.9 Å². The van der Waals surface area contributed by atoms with Crippen LogP contribution >= 0.6 is 0 Å². The molecular weight excluding hydrogens is 220 g/mol. The zero-order valence-electron chi connectivity index (χ0n) is 9.92. The quantitative estimate of drug-likeness (QED) is 0.588. The summed E-state index contributed by atoms with van der Waals surface area (Å²) in [5, 5.41) is 18.3. The Morgan fingerprint density at radius 2 is 2.35 bits per heavy atom. The van der Waals surface area contributed by atoms with Gasteiger partial charge in [0.25, 0.3) is 5.91 Å². The summed E-state index contributed by atoms with van der Waals surface area (Å²) in [5.41, 5.74) is 7.17. The maximum Gasteiger partial charge on any atom is 0.273 e. The van der Waals surface area contributed by atoms with E-state index in [1.807, 2.05) is 0 Å². The molecule has 0 bridgehead atoms. The van der Waals surface area contributed by atoms with Crippen LogP contribution in [0.25, 0.3) is 0 Å². The van der Waals surface area contributed by atoms with Gasteiger partial charge in [0.15, 0.2) is 5.69 Å².